The molecule has 1 saturated heterocycles. The Morgan fingerprint density at radius 1 is 1.56 bits per heavy atom. The van der Waals surface area contributed by atoms with E-state index in [1.165, 1.54) is 0 Å². The summed E-state index contributed by atoms with van der Waals surface area (Å²) in [6.45, 7) is 3.82. The number of carbonyl (C=O) groups is 2. The maximum atomic E-state index is 11.7. The van der Waals surface area contributed by atoms with Gasteiger partial charge >= 0.3 is 5.97 Å². The minimum atomic E-state index is -0.811. The molecule has 1 rings (SSSR count). The van der Waals surface area contributed by atoms with Crippen molar-refractivity contribution in [2.75, 3.05) is 19.6 Å². The first kappa shape index (κ1) is 13.0. The molecule has 5 heteroatoms. The average Bonchev–Trinajstić information content (AvgIpc) is 2.29. The van der Waals surface area contributed by atoms with Gasteiger partial charge in [0.2, 0.25) is 5.91 Å². The molecular weight excluding hydrogens is 208 g/mol. The molecule has 0 aromatic heterocycles. The SMILES string of the molecule is CC(CCNC(=O)C1CCCNC1)C(=O)O. The van der Waals surface area contributed by atoms with E-state index < -0.39 is 11.9 Å². The Kier molecular flexibility index (Phi) is 5.25. The van der Waals surface area contributed by atoms with E-state index in [-0.39, 0.29) is 11.8 Å². The number of hydrogen-bond donors (Lipinski definition) is 3. The normalized spacial score (nSPS) is 22.4. The molecule has 0 bridgehead atoms. The van der Waals surface area contributed by atoms with E-state index in [1.54, 1.807) is 6.92 Å². The Labute approximate surface area is 95.6 Å². The van der Waals surface area contributed by atoms with Crippen molar-refractivity contribution < 1.29 is 14.7 Å². The number of aliphatic carboxylic acids is 1. The van der Waals surface area contributed by atoms with Crippen molar-refractivity contribution in [3.63, 3.8) is 0 Å². The maximum absolute atomic E-state index is 11.7. The van der Waals surface area contributed by atoms with Gasteiger partial charge in [-0.05, 0) is 25.8 Å². The molecule has 0 aromatic carbocycles. The third-order valence-electron chi connectivity index (χ3n) is 2.97. The summed E-state index contributed by atoms with van der Waals surface area (Å²) in [5, 5.41) is 14.6. The zero-order chi connectivity index (χ0) is 12.0. The molecule has 0 aliphatic carbocycles. The lowest BCUT2D eigenvalue weighted by Gasteiger charge is -2.22. The van der Waals surface area contributed by atoms with Gasteiger partial charge in [-0.3, -0.25) is 9.59 Å². The minimum Gasteiger partial charge on any atom is -0.481 e. The van der Waals surface area contributed by atoms with Crippen LogP contribution in [0.2, 0.25) is 0 Å². The van der Waals surface area contributed by atoms with Crippen molar-refractivity contribution in [1.82, 2.24) is 10.6 Å². The fraction of sp³-hybridized carbons (Fsp3) is 0.818. The third kappa shape index (κ3) is 4.18. The van der Waals surface area contributed by atoms with Crippen LogP contribution in [-0.2, 0) is 9.59 Å². The average molecular weight is 228 g/mol. The molecule has 1 fully saturated rings. The topological polar surface area (TPSA) is 78.4 Å². The number of amides is 1. The summed E-state index contributed by atoms with van der Waals surface area (Å²) < 4.78 is 0. The maximum Gasteiger partial charge on any atom is 0.306 e. The first-order valence-corrected chi connectivity index (χ1v) is 5.82. The number of piperidine rings is 1. The van der Waals surface area contributed by atoms with E-state index in [2.05, 4.69) is 10.6 Å². The van der Waals surface area contributed by atoms with Crippen molar-refractivity contribution in [2.45, 2.75) is 26.2 Å². The molecule has 92 valence electrons. The number of carboxylic acids is 1. The van der Waals surface area contributed by atoms with Crippen LogP contribution in [-0.4, -0.2) is 36.6 Å². The molecular formula is C11H20N2O3. The molecule has 1 amide bonds. The van der Waals surface area contributed by atoms with Gasteiger partial charge in [0.25, 0.3) is 0 Å². The van der Waals surface area contributed by atoms with Gasteiger partial charge in [0, 0.05) is 13.1 Å². The van der Waals surface area contributed by atoms with E-state index in [0.29, 0.717) is 13.0 Å². The van der Waals surface area contributed by atoms with Gasteiger partial charge < -0.3 is 15.7 Å². The molecule has 16 heavy (non-hydrogen) atoms. The molecule has 1 aliphatic heterocycles. The predicted octanol–water partition coefficient (Wildman–Crippen LogP) is 0.213. The van der Waals surface area contributed by atoms with Crippen molar-refractivity contribution in [1.29, 1.82) is 0 Å². The molecule has 0 saturated carbocycles. The first-order chi connectivity index (χ1) is 7.61. The Morgan fingerprint density at radius 3 is 2.88 bits per heavy atom. The van der Waals surface area contributed by atoms with Gasteiger partial charge in [-0.2, -0.15) is 0 Å². The number of rotatable bonds is 5. The Bertz CT molecular complexity index is 250. The Balaban J connectivity index is 2.16. The number of carbonyl (C=O) groups excluding carboxylic acids is 1. The van der Waals surface area contributed by atoms with E-state index in [1.807, 2.05) is 0 Å². The standard InChI is InChI=1S/C11H20N2O3/c1-8(11(15)16)4-6-13-10(14)9-3-2-5-12-7-9/h8-9,12H,2-7H2,1H3,(H,13,14)(H,15,16). The van der Waals surface area contributed by atoms with E-state index in [0.717, 1.165) is 25.9 Å². The lowest BCUT2D eigenvalue weighted by Crippen LogP contribution is -2.41. The van der Waals surface area contributed by atoms with Crippen LogP contribution in [0.1, 0.15) is 26.2 Å². The highest BCUT2D eigenvalue weighted by atomic mass is 16.4. The molecule has 5 nitrogen and oxygen atoms in total. The van der Waals surface area contributed by atoms with Crippen LogP contribution in [0.5, 0.6) is 0 Å². The number of hydrogen-bond acceptors (Lipinski definition) is 3. The summed E-state index contributed by atoms with van der Waals surface area (Å²) in [5.74, 6) is -1.11. The van der Waals surface area contributed by atoms with E-state index in [4.69, 9.17) is 5.11 Å². The lowest BCUT2D eigenvalue weighted by molar-refractivity contribution is -0.141. The second kappa shape index (κ2) is 6.48. The third-order valence-corrected chi connectivity index (χ3v) is 2.97. The lowest BCUT2D eigenvalue weighted by atomic mass is 9.98. The zero-order valence-electron chi connectivity index (χ0n) is 9.66. The van der Waals surface area contributed by atoms with Gasteiger partial charge in [-0.25, -0.2) is 0 Å². The zero-order valence-corrected chi connectivity index (χ0v) is 9.66. The summed E-state index contributed by atoms with van der Waals surface area (Å²) in [7, 11) is 0. The van der Waals surface area contributed by atoms with Crippen LogP contribution in [0.15, 0.2) is 0 Å². The highest BCUT2D eigenvalue weighted by Crippen LogP contribution is 2.09. The quantitative estimate of drug-likeness (QED) is 0.628. The Morgan fingerprint density at radius 2 is 2.31 bits per heavy atom. The van der Waals surface area contributed by atoms with Crippen LogP contribution in [0.4, 0.5) is 0 Å². The van der Waals surface area contributed by atoms with E-state index in [9.17, 15) is 9.59 Å². The van der Waals surface area contributed by atoms with Crippen molar-refractivity contribution in [3.8, 4) is 0 Å². The van der Waals surface area contributed by atoms with Crippen LogP contribution in [0, 0.1) is 11.8 Å². The molecule has 2 atom stereocenters. The minimum absolute atomic E-state index is 0.0461. The van der Waals surface area contributed by atoms with Crippen molar-refractivity contribution >= 4 is 11.9 Å². The molecule has 0 radical (unpaired) electrons. The summed E-state index contributed by atoms with van der Waals surface area (Å²) in [6, 6.07) is 0. The van der Waals surface area contributed by atoms with Crippen LogP contribution >= 0.6 is 0 Å². The van der Waals surface area contributed by atoms with Crippen molar-refractivity contribution in [2.24, 2.45) is 11.8 Å². The number of nitrogens with one attached hydrogen (secondary N) is 2. The first-order valence-electron chi connectivity index (χ1n) is 5.82. The second-order valence-electron chi connectivity index (χ2n) is 4.36. The summed E-state index contributed by atoms with van der Waals surface area (Å²) >= 11 is 0. The van der Waals surface area contributed by atoms with Crippen LogP contribution < -0.4 is 10.6 Å². The summed E-state index contributed by atoms with van der Waals surface area (Å²) in [6.07, 6.45) is 2.44. The molecule has 1 heterocycles. The predicted molar refractivity (Wildman–Crippen MR) is 60.0 cm³/mol. The van der Waals surface area contributed by atoms with Gasteiger partial charge in [-0.1, -0.05) is 6.92 Å². The highest BCUT2D eigenvalue weighted by Gasteiger charge is 2.20. The van der Waals surface area contributed by atoms with Gasteiger partial charge in [0.05, 0.1) is 11.8 Å². The fourth-order valence-corrected chi connectivity index (χ4v) is 1.76. The second-order valence-corrected chi connectivity index (χ2v) is 4.36. The summed E-state index contributed by atoms with van der Waals surface area (Å²) in [5.41, 5.74) is 0. The van der Waals surface area contributed by atoms with E-state index >= 15 is 0 Å². The molecule has 0 aromatic rings. The molecule has 3 N–H and O–H groups in total. The van der Waals surface area contributed by atoms with Gasteiger partial charge in [-0.15, -0.1) is 0 Å². The van der Waals surface area contributed by atoms with Crippen LogP contribution in [0.25, 0.3) is 0 Å². The highest BCUT2D eigenvalue weighted by molar-refractivity contribution is 5.79. The fourth-order valence-electron chi connectivity index (χ4n) is 1.76. The largest absolute Gasteiger partial charge is 0.481 e. The number of carboxylic acid groups (broad SMARTS) is 1. The summed E-state index contributed by atoms with van der Waals surface area (Å²) in [4.78, 5) is 22.2. The molecule has 0 spiro atoms. The smallest absolute Gasteiger partial charge is 0.306 e. The monoisotopic (exact) mass is 228 g/mol. The van der Waals surface area contributed by atoms with Crippen LogP contribution in [0.3, 0.4) is 0 Å². The molecule has 2 unspecified atom stereocenters. The Hall–Kier alpha value is -1.10. The van der Waals surface area contributed by atoms with Gasteiger partial charge in [0.1, 0.15) is 0 Å². The molecule has 1 aliphatic rings. The van der Waals surface area contributed by atoms with Crippen molar-refractivity contribution in [3.05, 3.63) is 0 Å². The van der Waals surface area contributed by atoms with Gasteiger partial charge in [0.15, 0.2) is 0 Å².